The van der Waals surface area contributed by atoms with Crippen molar-refractivity contribution in [2.45, 2.75) is 17.9 Å². The van der Waals surface area contributed by atoms with E-state index in [-0.39, 0.29) is 23.5 Å². The SMILES string of the molecule is O=C(O)c1c2c(nc3ccccc13)CCN(S(=O)(=O)c1ccccc1)C2. The normalized spacial score (nSPS) is 14.9. The summed E-state index contributed by atoms with van der Waals surface area (Å²) in [7, 11) is -3.69. The van der Waals surface area contributed by atoms with Gasteiger partial charge in [-0.3, -0.25) is 4.98 Å². The van der Waals surface area contributed by atoms with Crippen LogP contribution in [0, 0.1) is 0 Å². The van der Waals surface area contributed by atoms with Crippen molar-refractivity contribution in [3.8, 4) is 0 Å². The van der Waals surface area contributed by atoms with E-state index in [1.54, 1.807) is 48.5 Å². The highest BCUT2D eigenvalue weighted by atomic mass is 32.2. The zero-order chi connectivity index (χ0) is 18.3. The van der Waals surface area contributed by atoms with Crippen LogP contribution in [0.3, 0.4) is 0 Å². The third-order valence-electron chi connectivity index (χ3n) is 4.61. The van der Waals surface area contributed by atoms with Gasteiger partial charge in [-0.25, -0.2) is 13.2 Å². The molecule has 0 saturated carbocycles. The van der Waals surface area contributed by atoms with Crippen LogP contribution in [0.5, 0.6) is 0 Å². The molecule has 0 unspecified atom stereocenters. The molecule has 6 nitrogen and oxygen atoms in total. The number of nitrogens with zero attached hydrogens (tertiary/aromatic N) is 2. The summed E-state index contributed by atoms with van der Waals surface area (Å²) in [5, 5.41) is 10.3. The van der Waals surface area contributed by atoms with Crippen LogP contribution >= 0.6 is 0 Å². The molecule has 0 atom stereocenters. The smallest absolute Gasteiger partial charge is 0.336 e. The highest BCUT2D eigenvalue weighted by Gasteiger charge is 2.32. The fourth-order valence-electron chi connectivity index (χ4n) is 3.36. The van der Waals surface area contributed by atoms with Gasteiger partial charge < -0.3 is 5.11 Å². The number of hydrogen-bond acceptors (Lipinski definition) is 4. The molecule has 4 rings (SSSR count). The molecule has 0 saturated heterocycles. The molecule has 1 aromatic heterocycles. The molecular weight excluding hydrogens is 352 g/mol. The molecule has 1 N–H and O–H groups in total. The number of fused-ring (bicyclic) bond motifs is 2. The lowest BCUT2D eigenvalue weighted by molar-refractivity contribution is 0.0696. The molecule has 1 aliphatic heterocycles. The first-order chi connectivity index (χ1) is 12.5. The molecule has 26 heavy (non-hydrogen) atoms. The summed E-state index contributed by atoms with van der Waals surface area (Å²) in [5.41, 5.74) is 1.88. The van der Waals surface area contributed by atoms with E-state index in [2.05, 4.69) is 4.98 Å². The van der Waals surface area contributed by atoms with Crippen molar-refractivity contribution in [1.29, 1.82) is 0 Å². The van der Waals surface area contributed by atoms with E-state index in [1.165, 1.54) is 4.31 Å². The van der Waals surface area contributed by atoms with Crippen LogP contribution in [0.4, 0.5) is 0 Å². The Kier molecular flexibility index (Phi) is 3.97. The average molecular weight is 368 g/mol. The van der Waals surface area contributed by atoms with E-state index in [0.29, 0.717) is 28.6 Å². The minimum absolute atomic E-state index is 0.00598. The van der Waals surface area contributed by atoms with Crippen LogP contribution in [0.1, 0.15) is 21.6 Å². The number of rotatable bonds is 3. The van der Waals surface area contributed by atoms with Crippen LogP contribution in [-0.4, -0.2) is 35.3 Å². The van der Waals surface area contributed by atoms with Crippen LogP contribution in [0.25, 0.3) is 10.9 Å². The minimum atomic E-state index is -3.69. The van der Waals surface area contributed by atoms with Crippen LogP contribution in [0.15, 0.2) is 59.5 Å². The first kappa shape index (κ1) is 16.7. The van der Waals surface area contributed by atoms with Crippen molar-refractivity contribution >= 4 is 26.9 Å². The Morgan fingerprint density at radius 3 is 2.46 bits per heavy atom. The Morgan fingerprint density at radius 2 is 1.73 bits per heavy atom. The molecule has 0 bridgehead atoms. The molecule has 0 fully saturated rings. The number of aromatic nitrogens is 1. The van der Waals surface area contributed by atoms with Gasteiger partial charge in [0.05, 0.1) is 16.0 Å². The van der Waals surface area contributed by atoms with E-state index in [1.807, 2.05) is 6.07 Å². The van der Waals surface area contributed by atoms with Crippen LogP contribution in [-0.2, 0) is 23.0 Å². The topological polar surface area (TPSA) is 87.6 Å². The van der Waals surface area contributed by atoms with Gasteiger partial charge in [-0.15, -0.1) is 0 Å². The Hall–Kier alpha value is -2.77. The standard InChI is InChI=1S/C19H16N2O4S/c22-19(23)18-14-8-4-5-9-16(14)20-17-10-11-21(12-15(17)18)26(24,25)13-6-2-1-3-7-13/h1-9H,10-12H2,(H,22,23). The van der Waals surface area contributed by atoms with Gasteiger partial charge in [0.1, 0.15) is 0 Å². The lowest BCUT2D eigenvalue weighted by atomic mass is 9.97. The van der Waals surface area contributed by atoms with Gasteiger partial charge in [-0.1, -0.05) is 36.4 Å². The predicted molar refractivity (Wildman–Crippen MR) is 96.4 cm³/mol. The van der Waals surface area contributed by atoms with E-state index in [9.17, 15) is 18.3 Å². The number of benzene rings is 2. The van der Waals surface area contributed by atoms with E-state index < -0.39 is 16.0 Å². The Balaban J connectivity index is 1.84. The Bertz CT molecular complexity index is 1110. The maximum atomic E-state index is 12.9. The Labute approximate surface area is 150 Å². The number of sulfonamides is 1. The second-order valence-electron chi connectivity index (χ2n) is 6.14. The molecule has 0 amide bonds. The predicted octanol–water partition coefficient (Wildman–Crippen LogP) is 2.68. The van der Waals surface area contributed by atoms with Gasteiger partial charge in [-0.2, -0.15) is 4.31 Å². The molecule has 132 valence electrons. The fraction of sp³-hybridized carbons (Fsp3) is 0.158. The van der Waals surface area contributed by atoms with Crippen molar-refractivity contribution < 1.29 is 18.3 Å². The second-order valence-corrected chi connectivity index (χ2v) is 8.07. The van der Waals surface area contributed by atoms with Crippen LogP contribution in [0.2, 0.25) is 0 Å². The minimum Gasteiger partial charge on any atom is -0.478 e. The quantitative estimate of drug-likeness (QED) is 0.768. The molecule has 7 heteroatoms. The number of hydrogen-bond donors (Lipinski definition) is 1. The summed E-state index contributed by atoms with van der Waals surface area (Å²) in [6.45, 7) is 0.278. The van der Waals surface area contributed by atoms with Gasteiger partial charge in [0.2, 0.25) is 10.0 Å². The third kappa shape index (κ3) is 2.65. The summed E-state index contributed by atoms with van der Waals surface area (Å²) < 4.78 is 27.1. The van der Waals surface area contributed by atoms with Gasteiger partial charge >= 0.3 is 5.97 Å². The average Bonchev–Trinajstić information content (AvgIpc) is 2.66. The summed E-state index contributed by atoms with van der Waals surface area (Å²) in [6, 6.07) is 15.2. The fourth-order valence-corrected chi connectivity index (χ4v) is 4.79. The number of para-hydroxylation sites is 1. The van der Waals surface area contributed by atoms with E-state index in [4.69, 9.17) is 0 Å². The van der Waals surface area contributed by atoms with Crippen molar-refractivity contribution in [2.75, 3.05) is 6.54 Å². The number of carboxylic acid groups (broad SMARTS) is 1. The summed E-state index contributed by atoms with van der Waals surface area (Å²) in [5.74, 6) is -1.07. The van der Waals surface area contributed by atoms with Crippen molar-refractivity contribution in [2.24, 2.45) is 0 Å². The van der Waals surface area contributed by atoms with Gasteiger partial charge in [0, 0.05) is 36.2 Å². The maximum absolute atomic E-state index is 12.9. The molecule has 0 radical (unpaired) electrons. The summed E-state index contributed by atoms with van der Waals surface area (Å²) in [6.07, 6.45) is 0.381. The van der Waals surface area contributed by atoms with E-state index >= 15 is 0 Å². The van der Waals surface area contributed by atoms with Gasteiger partial charge in [-0.05, 0) is 18.2 Å². The molecular formula is C19H16N2O4S. The summed E-state index contributed by atoms with van der Waals surface area (Å²) >= 11 is 0. The lowest BCUT2D eigenvalue weighted by Gasteiger charge is -2.29. The molecule has 1 aliphatic rings. The van der Waals surface area contributed by atoms with Crippen molar-refractivity contribution in [3.05, 3.63) is 71.4 Å². The Morgan fingerprint density at radius 1 is 1.04 bits per heavy atom. The van der Waals surface area contributed by atoms with Gasteiger partial charge in [0.25, 0.3) is 0 Å². The maximum Gasteiger partial charge on any atom is 0.336 e. The number of carbonyl (C=O) groups is 1. The number of aromatic carboxylic acids is 1. The monoisotopic (exact) mass is 368 g/mol. The third-order valence-corrected chi connectivity index (χ3v) is 6.47. The second kappa shape index (κ2) is 6.19. The first-order valence-electron chi connectivity index (χ1n) is 8.17. The highest BCUT2D eigenvalue weighted by Crippen LogP contribution is 2.30. The lowest BCUT2D eigenvalue weighted by Crippen LogP contribution is -2.37. The van der Waals surface area contributed by atoms with Gasteiger partial charge in [0.15, 0.2) is 0 Å². The zero-order valence-corrected chi connectivity index (χ0v) is 14.6. The number of pyridine rings is 1. The molecule has 2 aromatic carbocycles. The van der Waals surface area contributed by atoms with Crippen molar-refractivity contribution in [3.63, 3.8) is 0 Å². The van der Waals surface area contributed by atoms with E-state index in [0.717, 1.165) is 0 Å². The van der Waals surface area contributed by atoms with Crippen LogP contribution < -0.4 is 0 Å². The molecule has 0 aliphatic carbocycles. The molecule has 2 heterocycles. The molecule has 0 spiro atoms. The summed E-state index contributed by atoms with van der Waals surface area (Å²) in [4.78, 5) is 16.7. The first-order valence-corrected chi connectivity index (χ1v) is 9.61. The largest absolute Gasteiger partial charge is 0.478 e. The van der Waals surface area contributed by atoms with Crippen molar-refractivity contribution in [1.82, 2.24) is 9.29 Å². The molecule has 3 aromatic rings. The number of carboxylic acids is 1. The zero-order valence-electron chi connectivity index (χ0n) is 13.8. The highest BCUT2D eigenvalue weighted by molar-refractivity contribution is 7.89.